The molecule has 0 saturated heterocycles. The molecular weight excluding hydrogens is 855 g/mol. The summed E-state index contributed by atoms with van der Waals surface area (Å²) in [6.07, 6.45) is 0. The second-order valence-electron chi connectivity index (χ2n) is 17.3. The Morgan fingerprint density at radius 1 is 0.257 bits per heavy atom. The lowest BCUT2D eigenvalue weighted by Crippen LogP contribution is -2.11. The van der Waals surface area contributed by atoms with Crippen molar-refractivity contribution in [1.82, 2.24) is 24.1 Å². The Balaban J connectivity index is 1.06. The summed E-state index contributed by atoms with van der Waals surface area (Å²) in [5.41, 5.74) is 13.4. The fourth-order valence-corrected chi connectivity index (χ4v) is 10.1. The third kappa shape index (κ3) is 7.04. The monoisotopic (exact) mass is 897 g/mol. The summed E-state index contributed by atoms with van der Waals surface area (Å²) in [4.78, 5) is 21.1. The molecule has 10 aromatic carbocycles. The van der Waals surface area contributed by atoms with E-state index in [9.17, 15) is 0 Å². The summed E-state index contributed by atoms with van der Waals surface area (Å²) in [5.74, 6) is 1.61. The van der Waals surface area contributed by atoms with Gasteiger partial charge in [0.25, 0.3) is 0 Å². The van der Waals surface area contributed by atoms with Crippen molar-refractivity contribution in [3.63, 3.8) is 0 Å². The van der Waals surface area contributed by atoms with E-state index in [4.69, 9.17) is 15.0 Å². The summed E-state index contributed by atoms with van der Waals surface area (Å²) in [6, 6.07) is 91.5. The van der Waals surface area contributed by atoms with Crippen molar-refractivity contribution in [3.05, 3.63) is 261 Å². The topological polar surface area (TPSA) is 55.0 Å². The van der Waals surface area contributed by atoms with E-state index in [1.54, 1.807) is 0 Å². The average Bonchev–Trinajstić information content (AvgIpc) is 3.95. The third-order valence-corrected chi connectivity index (χ3v) is 13.2. The molecule has 0 amide bonds. The van der Waals surface area contributed by atoms with Crippen molar-refractivity contribution in [1.29, 1.82) is 0 Å². The molecule has 70 heavy (non-hydrogen) atoms. The van der Waals surface area contributed by atoms with Crippen LogP contribution >= 0.6 is 0 Å². The summed E-state index contributed by atoms with van der Waals surface area (Å²) in [7, 11) is 0. The zero-order valence-corrected chi connectivity index (χ0v) is 38.0. The highest BCUT2D eigenvalue weighted by atomic mass is 15.3. The SMILES string of the molecule is c1ccc(-c2ccccc2-c2nc(-n3c4ccccc4c4cc(N(c5ccccc5)c5ccccc5)ccc43)nc(-n3c4ccccc4c4cc(N(c5ccccc5)c5ccccc5)ccc43)n2)cc1. The molecule has 0 unspecified atom stereocenters. The van der Waals surface area contributed by atoms with E-state index in [2.05, 4.69) is 274 Å². The molecule has 0 spiro atoms. The predicted octanol–water partition coefficient (Wildman–Crippen LogP) is 16.3. The smallest absolute Gasteiger partial charge is 0.240 e. The number of anilines is 6. The quantitative estimate of drug-likeness (QED) is 0.137. The van der Waals surface area contributed by atoms with Crippen LogP contribution in [0.5, 0.6) is 0 Å². The van der Waals surface area contributed by atoms with Crippen molar-refractivity contribution in [2.45, 2.75) is 0 Å². The van der Waals surface area contributed by atoms with Gasteiger partial charge in [0.05, 0.1) is 22.1 Å². The molecule has 0 aliphatic carbocycles. The zero-order valence-electron chi connectivity index (χ0n) is 38.0. The van der Waals surface area contributed by atoms with Gasteiger partial charge in [0.1, 0.15) is 0 Å². The van der Waals surface area contributed by atoms with Crippen molar-refractivity contribution in [3.8, 4) is 34.4 Å². The first kappa shape index (κ1) is 40.7. The van der Waals surface area contributed by atoms with Crippen LogP contribution in [0.2, 0.25) is 0 Å². The Morgan fingerprint density at radius 3 is 1.03 bits per heavy atom. The number of nitrogens with zero attached hydrogens (tertiary/aromatic N) is 7. The minimum atomic E-state index is 0.520. The molecule has 0 aliphatic heterocycles. The maximum Gasteiger partial charge on any atom is 0.240 e. The van der Waals surface area contributed by atoms with Crippen LogP contribution in [0, 0.1) is 0 Å². The van der Waals surface area contributed by atoms with Crippen LogP contribution in [-0.2, 0) is 0 Å². The molecule has 0 fully saturated rings. The van der Waals surface area contributed by atoms with Crippen LogP contribution in [0.4, 0.5) is 34.1 Å². The fraction of sp³-hybridized carbons (Fsp3) is 0. The summed E-state index contributed by atoms with van der Waals surface area (Å²) in [5, 5.41) is 4.37. The van der Waals surface area contributed by atoms with Gasteiger partial charge in [0, 0.05) is 61.2 Å². The second-order valence-corrected chi connectivity index (χ2v) is 17.3. The fourth-order valence-electron chi connectivity index (χ4n) is 10.1. The normalized spacial score (nSPS) is 11.4. The van der Waals surface area contributed by atoms with Gasteiger partial charge in [-0.2, -0.15) is 15.0 Å². The van der Waals surface area contributed by atoms with Gasteiger partial charge in [-0.15, -0.1) is 0 Å². The molecule has 0 saturated carbocycles. The Bertz CT molecular complexity index is 3700. The molecule has 0 aliphatic rings. The number of aromatic nitrogens is 5. The maximum absolute atomic E-state index is 5.54. The highest BCUT2D eigenvalue weighted by Crippen LogP contribution is 2.42. The molecule has 0 N–H and O–H groups in total. The van der Waals surface area contributed by atoms with E-state index < -0.39 is 0 Å². The molecule has 3 heterocycles. The standard InChI is InChI=1S/C63H43N7/c1-6-22-44(23-7-1)51-32-16-17-35-54(51)61-64-62(69-57-36-20-18-33-52(57)55-42-49(38-40-59(55)69)67(45-24-8-2-9-25-45)46-26-10-3-11-27-46)66-63(65-61)70-58-37-21-19-34-53(58)56-43-50(39-41-60(56)70)68(47-28-12-4-13-29-47)48-30-14-5-15-31-48/h1-43H. The third-order valence-electron chi connectivity index (χ3n) is 13.2. The predicted molar refractivity (Wildman–Crippen MR) is 289 cm³/mol. The van der Waals surface area contributed by atoms with Gasteiger partial charge >= 0.3 is 0 Å². The van der Waals surface area contributed by atoms with Crippen LogP contribution in [0.15, 0.2) is 261 Å². The number of benzene rings is 10. The minimum Gasteiger partial charge on any atom is -0.310 e. The Kier molecular flexibility index (Phi) is 10.0. The Hall–Kier alpha value is -9.59. The van der Waals surface area contributed by atoms with E-state index in [1.165, 1.54) is 0 Å². The van der Waals surface area contributed by atoms with Gasteiger partial charge in [-0.3, -0.25) is 9.13 Å². The lowest BCUT2D eigenvalue weighted by molar-refractivity contribution is 0.893. The van der Waals surface area contributed by atoms with Gasteiger partial charge in [-0.25, -0.2) is 0 Å². The van der Waals surface area contributed by atoms with E-state index in [1.807, 2.05) is 6.07 Å². The van der Waals surface area contributed by atoms with Crippen LogP contribution in [-0.4, -0.2) is 24.1 Å². The van der Waals surface area contributed by atoms with Gasteiger partial charge in [0.15, 0.2) is 5.82 Å². The molecule has 0 atom stereocenters. The van der Waals surface area contributed by atoms with Crippen molar-refractivity contribution < 1.29 is 0 Å². The van der Waals surface area contributed by atoms with E-state index in [0.717, 1.165) is 94.4 Å². The first-order chi connectivity index (χ1) is 34.7. The molecule has 330 valence electrons. The van der Waals surface area contributed by atoms with Gasteiger partial charge in [-0.05, 0) is 108 Å². The lowest BCUT2D eigenvalue weighted by atomic mass is 9.99. The highest BCUT2D eigenvalue weighted by molar-refractivity contribution is 6.12. The van der Waals surface area contributed by atoms with Crippen LogP contribution in [0.3, 0.4) is 0 Å². The molecule has 7 nitrogen and oxygen atoms in total. The van der Waals surface area contributed by atoms with Gasteiger partial charge in [0.2, 0.25) is 11.9 Å². The minimum absolute atomic E-state index is 0.520. The molecule has 7 heteroatoms. The van der Waals surface area contributed by atoms with Crippen LogP contribution in [0.1, 0.15) is 0 Å². The zero-order chi connectivity index (χ0) is 46.4. The molecule has 3 aromatic heterocycles. The van der Waals surface area contributed by atoms with Crippen LogP contribution in [0.25, 0.3) is 78.0 Å². The number of para-hydroxylation sites is 6. The van der Waals surface area contributed by atoms with E-state index in [-0.39, 0.29) is 0 Å². The van der Waals surface area contributed by atoms with Crippen molar-refractivity contribution in [2.75, 3.05) is 9.80 Å². The largest absolute Gasteiger partial charge is 0.310 e. The molecule has 0 radical (unpaired) electrons. The van der Waals surface area contributed by atoms with Gasteiger partial charge < -0.3 is 9.80 Å². The highest BCUT2D eigenvalue weighted by Gasteiger charge is 2.24. The Morgan fingerprint density at radius 2 is 0.600 bits per heavy atom. The van der Waals surface area contributed by atoms with Gasteiger partial charge in [-0.1, -0.05) is 164 Å². The number of rotatable bonds is 10. The summed E-state index contributed by atoms with van der Waals surface area (Å²) in [6.45, 7) is 0. The lowest BCUT2D eigenvalue weighted by Gasteiger charge is -2.25. The van der Waals surface area contributed by atoms with Crippen LogP contribution < -0.4 is 9.80 Å². The second kappa shape index (κ2) is 17.2. The first-order valence-corrected chi connectivity index (χ1v) is 23.5. The molecular formula is C63H43N7. The molecule has 13 rings (SSSR count). The molecule has 0 bridgehead atoms. The first-order valence-electron chi connectivity index (χ1n) is 23.5. The number of hydrogen-bond donors (Lipinski definition) is 0. The number of fused-ring (bicyclic) bond motifs is 6. The maximum atomic E-state index is 5.54. The van der Waals surface area contributed by atoms with E-state index in [0.29, 0.717) is 17.7 Å². The number of hydrogen-bond acceptors (Lipinski definition) is 5. The molecule has 13 aromatic rings. The summed E-state index contributed by atoms with van der Waals surface area (Å²) < 4.78 is 4.40. The van der Waals surface area contributed by atoms with Crippen molar-refractivity contribution in [2.24, 2.45) is 0 Å². The summed E-state index contributed by atoms with van der Waals surface area (Å²) >= 11 is 0. The average molecular weight is 898 g/mol. The Labute approximate surface area is 405 Å². The van der Waals surface area contributed by atoms with E-state index >= 15 is 0 Å². The van der Waals surface area contributed by atoms with Crippen molar-refractivity contribution >= 4 is 77.7 Å².